The van der Waals surface area contributed by atoms with Crippen molar-refractivity contribution < 1.29 is 0 Å². The van der Waals surface area contributed by atoms with Gasteiger partial charge in [0.2, 0.25) is 0 Å². The summed E-state index contributed by atoms with van der Waals surface area (Å²) in [6, 6.07) is 14.3. The summed E-state index contributed by atoms with van der Waals surface area (Å²) in [5.74, 6) is 0. The van der Waals surface area contributed by atoms with Crippen LogP contribution in [0.15, 0.2) is 42.5 Å². The molecule has 17 heavy (non-hydrogen) atoms. The Morgan fingerprint density at radius 2 is 1.65 bits per heavy atom. The lowest BCUT2D eigenvalue weighted by molar-refractivity contribution is 1.33. The summed E-state index contributed by atoms with van der Waals surface area (Å²) in [6.07, 6.45) is 0. The van der Waals surface area contributed by atoms with E-state index in [1.165, 1.54) is 10.8 Å². The van der Waals surface area contributed by atoms with Crippen molar-refractivity contribution in [3.63, 3.8) is 0 Å². The zero-order chi connectivity index (χ0) is 12.5. The molecule has 0 N–H and O–H groups in total. The molecule has 0 saturated heterocycles. The highest BCUT2D eigenvalue weighted by Gasteiger charge is 2.20. The lowest BCUT2D eigenvalue weighted by Gasteiger charge is -2.20. The predicted octanol–water partition coefficient (Wildman–Crippen LogP) is 3.95. The first-order valence-corrected chi connectivity index (χ1v) is 9.59. The first kappa shape index (κ1) is 12.3. The SMILES string of the molecule is C[Si](C)(C)c1ccccc1-c1cccc(Cl)n1. The second-order valence-electron chi connectivity index (χ2n) is 5.14. The minimum atomic E-state index is -1.36. The van der Waals surface area contributed by atoms with Gasteiger partial charge in [0.15, 0.2) is 0 Å². The van der Waals surface area contributed by atoms with Crippen LogP contribution in [0.2, 0.25) is 24.8 Å². The second-order valence-corrected chi connectivity index (χ2v) is 10.6. The molecule has 1 heterocycles. The van der Waals surface area contributed by atoms with Crippen molar-refractivity contribution >= 4 is 24.9 Å². The fourth-order valence-electron chi connectivity index (χ4n) is 1.92. The van der Waals surface area contributed by atoms with Gasteiger partial charge in [0.1, 0.15) is 5.15 Å². The molecule has 0 saturated carbocycles. The van der Waals surface area contributed by atoms with Gasteiger partial charge in [-0.3, -0.25) is 0 Å². The molecule has 0 fully saturated rings. The Bertz CT molecular complexity index is 532. The van der Waals surface area contributed by atoms with E-state index in [9.17, 15) is 0 Å². The van der Waals surface area contributed by atoms with Gasteiger partial charge in [-0.05, 0) is 17.7 Å². The molecule has 0 aliphatic carbocycles. The van der Waals surface area contributed by atoms with Crippen molar-refractivity contribution in [3.8, 4) is 11.3 Å². The maximum absolute atomic E-state index is 5.96. The molecular formula is C14H16ClNSi. The Morgan fingerprint density at radius 1 is 0.941 bits per heavy atom. The molecule has 2 rings (SSSR count). The minimum absolute atomic E-state index is 0.549. The lowest BCUT2D eigenvalue weighted by Crippen LogP contribution is -2.38. The number of hydrogen-bond donors (Lipinski definition) is 0. The van der Waals surface area contributed by atoms with Crippen LogP contribution in [-0.2, 0) is 0 Å². The van der Waals surface area contributed by atoms with E-state index in [4.69, 9.17) is 11.6 Å². The molecule has 1 aromatic heterocycles. The van der Waals surface area contributed by atoms with Gasteiger partial charge in [0.05, 0.1) is 13.8 Å². The molecule has 2 aromatic rings. The summed E-state index contributed by atoms with van der Waals surface area (Å²) in [4.78, 5) is 4.41. The largest absolute Gasteiger partial charge is 0.236 e. The van der Waals surface area contributed by atoms with Crippen LogP contribution in [0.25, 0.3) is 11.3 Å². The third-order valence-electron chi connectivity index (χ3n) is 2.73. The van der Waals surface area contributed by atoms with Crippen LogP contribution in [0.3, 0.4) is 0 Å². The zero-order valence-corrected chi connectivity index (χ0v) is 12.1. The maximum Gasteiger partial charge on any atom is 0.129 e. The summed E-state index contributed by atoms with van der Waals surface area (Å²) < 4.78 is 0. The Hall–Kier alpha value is -1.12. The summed E-state index contributed by atoms with van der Waals surface area (Å²) >= 11 is 5.96. The molecule has 88 valence electrons. The van der Waals surface area contributed by atoms with E-state index in [0.29, 0.717) is 5.15 Å². The van der Waals surface area contributed by atoms with E-state index >= 15 is 0 Å². The van der Waals surface area contributed by atoms with E-state index in [0.717, 1.165) is 5.69 Å². The molecule has 0 spiro atoms. The summed E-state index contributed by atoms with van der Waals surface area (Å²) in [5, 5.41) is 1.97. The number of benzene rings is 1. The van der Waals surface area contributed by atoms with Crippen LogP contribution in [0, 0.1) is 0 Å². The van der Waals surface area contributed by atoms with Gasteiger partial charge in [-0.1, -0.05) is 66.8 Å². The Labute approximate surface area is 108 Å². The molecule has 0 radical (unpaired) electrons. The Kier molecular flexibility index (Phi) is 3.36. The third-order valence-corrected chi connectivity index (χ3v) is 4.99. The van der Waals surface area contributed by atoms with E-state index in [1.807, 2.05) is 18.2 Å². The average Bonchev–Trinajstić information content (AvgIpc) is 2.28. The number of hydrogen-bond acceptors (Lipinski definition) is 1. The smallest absolute Gasteiger partial charge is 0.129 e. The standard InChI is InChI=1S/C14H16ClNSi/c1-17(2,3)13-9-5-4-7-11(13)12-8-6-10-14(15)16-12/h4-10H,1-3H3. The quantitative estimate of drug-likeness (QED) is 0.589. The molecule has 1 aromatic carbocycles. The number of pyridine rings is 1. The molecule has 0 aliphatic heterocycles. The first-order valence-electron chi connectivity index (χ1n) is 5.71. The molecule has 1 nitrogen and oxygen atoms in total. The highest BCUT2D eigenvalue weighted by molar-refractivity contribution is 6.89. The zero-order valence-electron chi connectivity index (χ0n) is 10.4. The first-order chi connectivity index (χ1) is 7.98. The van der Waals surface area contributed by atoms with Crippen molar-refractivity contribution in [1.29, 1.82) is 0 Å². The van der Waals surface area contributed by atoms with Gasteiger partial charge >= 0.3 is 0 Å². The molecule has 0 bridgehead atoms. The molecular weight excluding hydrogens is 246 g/mol. The second kappa shape index (κ2) is 4.63. The average molecular weight is 262 g/mol. The normalized spacial score (nSPS) is 11.5. The molecule has 0 atom stereocenters. The van der Waals surface area contributed by atoms with E-state index in [-0.39, 0.29) is 0 Å². The molecule has 3 heteroatoms. The number of halogens is 1. The third kappa shape index (κ3) is 2.76. The van der Waals surface area contributed by atoms with Crippen LogP contribution in [-0.4, -0.2) is 13.1 Å². The maximum atomic E-state index is 5.96. The predicted molar refractivity (Wildman–Crippen MR) is 77.7 cm³/mol. The van der Waals surface area contributed by atoms with E-state index < -0.39 is 8.07 Å². The number of aromatic nitrogens is 1. The van der Waals surface area contributed by atoms with Crippen molar-refractivity contribution in [2.24, 2.45) is 0 Å². The van der Waals surface area contributed by atoms with Crippen molar-refractivity contribution in [2.75, 3.05) is 0 Å². The van der Waals surface area contributed by atoms with Gasteiger partial charge in [-0.2, -0.15) is 0 Å². The highest BCUT2D eigenvalue weighted by atomic mass is 35.5. The van der Waals surface area contributed by atoms with Crippen LogP contribution < -0.4 is 5.19 Å². The van der Waals surface area contributed by atoms with Gasteiger partial charge in [0.25, 0.3) is 0 Å². The number of nitrogens with zero attached hydrogens (tertiary/aromatic N) is 1. The number of rotatable bonds is 2. The fourth-order valence-corrected chi connectivity index (χ4v) is 3.70. The van der Waals surface area contributed by atoms with Crippen molar-refractivity contribution in [2.45, 2.75) is 19.6 Å². The van der Waals surface area contributed by atoms with Gasteiger partial charge in [-0.15, -0.1) is 0 Å². The Morgan fingerprint density at radius 3 is 2.29 bits per heavy atom. The summed E-state index contributed by atoms with van der Waals surface area (Å²) in [6.45, 7) is 7.03. The highest BCUT2D eigenvalue weighted by Crippen LogP contribution is 2.20. The minimum Gasteiger partial charge on any atom is -0.236 e. The van der Waals surface area contributed by atoms with Crippen LogP contribution >= 0.6 is 11.6 Å². The van der Waals surface area contributed by atoms with Gasteiger partial charge in [-0.25, -0.2) is 4.98 Å². The monoisotopic (exact) mass is 261 g/mol. The molecule has 0 amide bonds. The van der Waals surface area contributed by atoms with Crippen molar-refractivity contribution in [3.05, 3.63) is 47.6 Å². The van der Waals surface area contributed by atoms with E-state index in [1.54, 1.807) is 0 Å². The summed E-state index contributed by atoms with van der Waals surface area (Å²) in [7, 11) is -1.36. The van der Waals surface area contributed by atoms with Crippen LogP contribution in [0.5, 0.6) is 0 Å². The molecule has 0 unspecified atom stereocenters. The fraction of sp³-hybridized carbons (Fsp3) is 0.214. The van der Waals surface area contributed by atoms with Gasteiger partial charge < -0.3 is 0 Å². The van der Waals surface area contributed by atoms with Crippen molar-refractivity contribution in [1.82, 2.24) is 4.98 Å². The van der Waals surface area contributed by atoms with E-state index in [2.05, 4.69) is 48.9 Å². The molecule has 0 aliphatic rings. The van der Waals surface area contributed by atoms with Crippen LogP contribution in [0.1, 0.15) is 0 Å². The lowest BCUT2D eigenvalue weighted by atomic mass is 10.1. The van der Waals surface area contributed by atoms with Gasteiger partial charge in [0, 0.05) is 0 Å². The Balaban J connectivity index is 2.60. The topological polar surface area (TPSA) is 12.9 Å². The summed E-state index contributed by atoms with van der Waals surface area (Å²) in [5.41, 5.74) is 2.18. The van der Waals surface area contributed by atoms with Crippen LogP contribution in [0.4, 0.5) is 0 Å².